The van der Waals surface area contributed by atoms with Crippen molar-refractivity contribution in [2.24, 2.45) is 0 Å². The smallest absolute Gasteiger partial charge is 0.229 e. The van der Waals surface area contributed by atoms with E-state index in [1.54, 1.807) is 12.1 Å². The molecule has 0 atom stereocenters. The number of aliphatic hydroxyl groups is 1. The molecule has 142 valence electrons. The number of aryl methyl sites for hydroxylation is 1. The first-order valence-electron chi connectivity index (χ1n) is 9.11. The van der Waals surface area contributed by atoms with Gasteiger partial charge in [-0.3, -0.25) is 0 Å². The SMILES string of the molecule is COc1ccc(F)c(-c2nc(CN(C)CCC3(O)CCCC3)c(C)o2)c1. The van der Waals surface area contributed by atoms with E-state index >= 15 is 0 Å². The summed E-state index contributed by atoms with van der Waals surface area (Å²) in [6.07, 6.45) is 4.76. The van der Waals surface area contributed by atoms with Gasteiger partial charge in [-0.25, -0.2) is 9.37 Å². The summed E-state index contributed by atoms with van der Waals surface area (Å²) in [6, 6.07) is 4.50. The number of hydrogen-bond acceptors (Lipinski definition) is 5. The van der Waals surface area contributed by atoms with Crippen molar-refractivity contribution in [1.29, 1.82) is 0 Å². The number of oxazole rings is 1. The fourth-order valence-electron chi connectivity index (χ4n) is 3.50. The van der Waals surface area contributed by atoms with Crippen molar-refractivity contribution in [3.63, 3.8) is 0 Å². The highest BCUT2D eigenvalue weighted by Crippen LogP contribution is 2.32. The summed E-state index contributed by atoms with van der Waals surface area (Å²) < 4.78 is 25.0. The van der Waals surface area contributed by atoms with E-state index in [2.05, 4.69) is 9.88 Å². The Hall–Kier alpha value is -1.92. The lowest BCUT2D eigenvalue weighted by atomic mass is 9.98. The summed E-state index contributed by atoms with van der Waals surface area (Å²) in [5.74, 6) is 1.10. The first-order chi connectivity index (χ1) is 12.4. The molecule has 1 fully saturated rings. The number of aromatic nitrogens is 1. The minimum atomic E-state index is -0.512. The van der Waals surface area contributed by atoms with E-state index in [-0.39, 0.29) is 5.89 Å². The average molecular weight is 362 g/mol. The first kappa shape index (κ1) is 18.9. The summed E-state index contributed by atoms with van der Waals surface area (Å²) in [5.41, 5.74) is 0.562. The maximum atomic E-state index is 14.1. The quantitative estimate of drug-likeness (QED) is 0.809. The van der Waals surface area contributed by atoms with E-state index in [0.29, 0.717) is 23.6 Å². The molecule has 1 aliphatic carbocycles. The molecule has 1 N–H and O–H groups in total. The van der Waals surface area contributed by atoms with Gasteiger partial charge in [-0.15, -0.1) is 0 Å². The summed E-state index contributed by atoms with van der Waals surface area (Å²) in [5, 5.41) is 10.5. The third kappa shape index (κ3) is 4.24. The Morgan fingerprint density at radius 1 is 1.35 bits per heavy atom. The van der Waals surface area contributed by atoms with Gasteiger partial charge < -0.3 is 19.2 Å². The van der Waals surface area contributed by atoms with E-state index in [4.69, 9.17) is 9.15 Å². The highest BCUT2D eigenvalue weighted by molar-refractivity contribution is 5.57. The average Bonchev–Trinajstić information content (AvgIpc) is 3.20. The van der Waals surface area contributed by atoms with Gasteiger partial charge in [-0.2, -0.15) is 0 Å². The molecular weight excluding hydrogens is 335 g/mol. The van der Waals surface area contributed by atoms with Crippen LogP contribution in [-0.4, -0.2) is 41.3 Å². The van der Waals surface area contributed by atoms with Crippen LogP contribution in [0.4, 0.5) is 4.39 Å². The zero-order chi connectivity index (χ0) is 18.7. The normalized spacial score (nSPS) is 16.4. The zero-order valence-electron chi connectivity index (χ0n) is 15.7. The Labute approximate surface area is 153 Å². The second-order valence-electron chi connectivity index (χ2n) is 7.29. The lowest BCUT2D eigenvalue weighted by molar-refractivity contribution is 0.0296. The Bertz CT molecular complexity index is 754. The molecule has 6 heteroatoms. The van der Waals surface area contributed by atoms with Crippen LogP contribution >= 0.6 is 0 Å². The van der Waals surface area contributed by atoms with Gasteiger partial charge in [-0.1, -0.05) is 12.8 Å². The molecule has 0 amide bonds. The molecule has 1 heterocycles. The topological polar surface area (TPSA) is 58.7 Å². The molecule has 5 nitrogen and oxygen atoms in total. The monoisotopic (exact) mass is 362 g/mol. The second-order valence-corrected chi connectivity index (χ2v) is 7.29. The van der Waals surface area contributed by atoms with E-state index in [9.17, 15) is 9.50 Å². The summed E-state index contributed by atoms with van der Waals surface area (Å²) >= 11 is 0. The van der Waals surface area contributed by atoms with Crippen LogP contribution in [0.5, 0.6) is 5.75 Å². The summed E-state index contributed by atoms with van der Waals surface area (Å²) in [4.78, 5) is 6.60. The van der Waals surface area contributed by atoms with Crippen molar-refractivity contribution < 1.29 is 18.7 Å². The highest BCUT2D eigenvalue weighted by Gasteiger charge is 2.30. The van der Waals surface area contributed by atoms with Gasteiger partial charge in [0, 0.05) is 13.1 Å². The molecule has 0 aliphatic heterocycles. The lowest BCUT2D eigenvalue weighted by Gasteiger charge is -2.25. The summed E-state index contributed by atoms with van der Waals surface area (Å²) in [6.45, 7) is 3.21. The molecule has 0 saturated heterocycles. The number of methoxy groups -OCH3 is 1. The van der Waals surface area contributed by atoms with Gasteiger partial charge in [0.05, 0.1) is 24.0 Å². The van der Waals surface area contributed by atoms with Crippen LogP contribution < -0.4 is 4.74 Å². The predicted octanol–water partition coefficient (Wildman–Crippen LogP) is 3.92. The van der Waals surface area contributed by atoms with Crippen LogP contribution in [0.1, 0.15) is 43.6 Å². The number of hydrogen-bond donors (Lipinski definition) is 1. The van der Waals surface area contributed by atoms with Gasteiger partial charge in [0.2, 0.25) is 5.89 Å². The third-order valence-corrected chi connectivity index (χ3v) is 5.21. The number of nitrogens with zero attached hydrogens (tertiary/aromatic N) is 2. The molecule has 1 aromatic carbocycles. The fourth-order valence-corrected chi connectivity index (χ4v) is 3.50. The van der Waals surface area contributed by atoms with Crippen LogP contribution in [0.3, 0.4) is 0 Å². The van der Waals surface area contributed by atoms with Crippen LogP contribution in [0.15, 0.2) is 22.6 Å². The Kier molecular flexibility index (Phi) is 5.63. The highest BCUT2D eigenvalue weighted by atomic mass is 19.1. The molecule has 0 radical (unpaired) electrons. The van der Waals surface area contributed by atoms with Crippen molar-refractivity contribution in [2.45, 2.75) is 51.2 Å². The molecule has 1 aliphatic rings. The van der Waals surface area contributed by atoms with Crippen molar-refractivity contribution in [1.82, 2.24) is 9.88 Å². The number of ether oxygens (including phenoxy) is 1. The fraction of sp³-hybridized carbons (Fsp3) is 0.550. The molecule has 26 heavy (non-hydrogen) atoms. The number of rotatable bonds is 7. The standard InChI is InChI=1S/C20H27FN2O3/c1-14-18(13-23(2)11-10-20(24)8-4-5-9-20)22-19(26-14)16-12-15(25-3)6-7-17(16)21/h6-7,12,24H,4-5,8-11,13H2,1-3H3. The molecule has 3 rings (SSSR count). The van der Waals surface area contributed by atoms with E-state index < -0.39 is 11.4 Å². The molecule has 2 aromatic rings. The van der Waals surface area contributed by atoms with Crippen LogP contribution in [-0.2, 0) is 6.54 Å². The molecule has 0 unspecified atom stereocenters. The lowest BCUT2D eigenvalue weighted by Crippen LogP contribution is -2.31. The number of benzene rings is 1. The molecule has 0 spiro atoms. The first-order valence-corrected chi connectivity index (χ1v) is 9.11. The van der Waals surface area contributed by atoms with Crippen molar-refractivity contribution in [2.75, 3.05) is 20.7 Å². The Morgan fingerprint density at radius 3 is 2.77 bits per heavy atom. The maximum Gasteiger partial charge on any atom is 0.229 e. The third-order valence-electron chi connectivity index (χ3n) is 5.21. The maximum absolute atomic E-state index is 14.1. The van der Waals surface area contributed by atoms with Crippen LogP contribution in [0.2, 0.25) is 0 Å². The van der Waals surface area contributed by atoms with E-state index in [1.807, 2.05) is 14.0 Å². The van der Waals surface area contributed by atoms with Crippen LogP contribution in [0, 0.1) is 12.7 Å². The second kappa shape index (κ2) is 7.76. The molecule has 0 bridgehead atoms. The number of halogens is 1. The minimum Gasteiger partial charge on any atom is -0.497 e. The summed E-state index contributed by atoms with van der Waals surface area (Å²) in [7, 11) is 3.54. The van der Waals surface area contributed by atoms with Crippen molar-refractivity contribution >= 4 is 0 Å². The van der Waals surface area contributed by atoms with E-state index in [1.165, 1.54) is 13.2 Å². The molecular formula is C20H27FN2O3. The largest absolute Gasteiger partial charge is 0.497 e. The Morgan fingerprint density at radius 2 is 2.08 bits per heavy atom. The van der Waals surface area contributed by atoms with Crippen molar-refractivity contribution in [3.8, 4) is 17.2 Å². The van der Waals surface area contributed by atoms with Crippen molar-refractivity contribution in [3.05, 3.63) is 35.5 Å². The van der Waals surface area contributed by atoms with Gasteiger partial charge in [0.1, 0.15) is 17.3 Å². The van der Waals surface area contributed by atoms with Gasteiger partial charge in [0.25, 0.3) is 0 Å². The van der Waals surface area contributed by atoms with Gasteiger partial charge >= 0.3 is 0 Å². The predicted molar refractivity (Wildman–Crippen MR) is 97.6 cm³/mol. The molecule has 1 saturated carbocycles. The van der Waals surface area contributed by atoms with Gasteiger partial charge in [0.15, 0.2) is 0 Å². The Balaban J connectivity index is 1.68. The molecule has 1 aromatic heterocycles. The van der Waals surface area contributed by atoms with Gasteiger partial charge in [-0.05, 0) is 51.4 Å². The van der Waals surface area contributed by atoms with Crippen LogP contribution in [0.25, 0.3) is 11.5 Å². The zero-order valence-corrected chi connectivity index (χ0v) is 15.7. The minimum absolute atomic E-state index is 0.261. The van der Waals surface area contributed by atoms with E-state index in [0.717, 1.165) is 44.3 Å².